The van der Waals surface area contributed by atoms with E-state index in [1.807, 2.05) is 6.08 Å². The van der Waals surface area contributed by atoms with Gasteiger partial charge in [0.05, 0.1) is 6.61 Å². The summed E-state index contributed by atoms with van der Waals surface area (Å²) in [6, 6.07) is 0.671. The average molecular weight is 294 g/mol. The minimum Gasteiger partial charge on any atom is -0.445 e. The predicted molar refractivity (Wildman–Crippen MR) is 82.1 cm³/mol. The van der Waals surface area contributed by atoms with Crippen molar-refractivity contribution in [2.75, 3.05) is 19.8 Å². The van der Waals surface area contributed by atoms with E-state index in [0.29, 0.717) is 19.2 Å². The van der Waals surface area contributed by atoms with Crippen LogP contribution >= 0.6 is 0 Å². The maximum atomic E-state index is 11.8. The van der Waals surface area contributed by atoms with Gasteiger partial charge in [0.15, 0.2) is 0 Å². The van der Waals surface area contributed by atoms with Crippen molar-refractivity contribution in [3.05, 3.63) is 23.8 Å². The van der Waals surface area contributed by atoms with Crippen molar-refractivity contribution in [3.8, 4) is 0 Å². The van der Waals surface area contributed by atoms with Crippen LogP contribution in [0.1, 0.15) is 38.5 Å². The number of rotatable bonds is 6. The minimum absolute atomic E-state index is 0.175. The summed E-state index contributed by atoms with van der Waals surface area (Å²) >= 11 is 0. The van der Waals surface area contributed by atoms with Crippen LogP contribution in [0.4, 0.5) is 4.79 Å². The van der Waals surface area contributed by atoms with Crippen LogP contribution in [0.3, 0.4) is 0 Å². The van der Waals surface area contributed by atoms with Gasteiger partial charge >= 0.3 is 6.09 Å². The molecular weight excluding hydrogens is 268 g/mol. The number of hydrogen-bond donors (Lipinski definition) is 3. The molecule has 0 aromatic rings. The van der Waals surface area contributed by atoms with Crippen LogP contribution < -0.4 is 10.6 Å². The smallest absolute Gasteiger partial charge is 0.407 e. The van der Waals surface area contributed by atoms with E-state index in [4.69, 9.17) is 9.84 Å². The van der Waals surface area contributed by atoms with Gasteiger partial charge in [-0.25, -0.2) is 4.79 Å². The number of aliphatic hydroxyl groups is 1. The monoisotopic (exact) mass is 294 g/mol. The summed E-state index contributed by atoms with van der Waals surface area (Å²) in [5, 5.41) is 15.0. The fourth-order valence-corrected chi connectivity index (χ4v) is 2.84. The normalized spacial score (nSPS) is 25.3. The van der Waals surface area contributed by atoms with Gasteiger partial charge in [0.2, 0.25) is 0 Å². The number of allylic oxidation sites excluding steroid dienone is 2. The Bertz CT molecular complexity index is 385. The number of aliphatic hydroxyl groups excluding tert-OH is 1. The van der Waals surface area contributed by atoms with Crippen molar-refractivity contribution in [1.29, 1.82) is 0 Å². The maximum absolute atomic E-state index is 11.8. The zero-order valence-electron chi connectivity index (χ0n) is 12.5. The number of nitrogens with one attached hydrogen (secondary N) is 2. The van der Waals surface area contributed by atoms with E-state index >= 15 is 0 Å². The summed E-state index contributed by atoms with van der Waals surface area (Å²) < 4.78 is 5.26. The van der Waals surface area contributed by atoms with E-state index < -0.39 is 0 Å². The summed E-state index contributed by atoms with van der Waals surface area (Å²) in [6.45, 7) is 1.18. The van der Waals surface area contributed by atoms with Gasteiger partial charge in [0, 0.05) is 18.6 Å². The Balaban J connectivity index is 1.60. The maximum Gasteiger partial charge on any atom is 0.407 e. The second-order valence-corrected chi connectivity index (χ2v) is 5.71. The molecule has 0 bridgehead atoms. The molecule has 21 heavy (non-hydrogen) atoms. The van der Waals surface area contributed by atoms with Crippen LogP contribution in [0.25, 0.3) is 0 Å². The van der Waals surface area contributed by atoms with Crippen molar-refractivity contribution >= 4 is 6.09 Å². The highest BCUT2D eigenvalue weighted by Gasteiger charge is 2.22. The Morgan fingerprint density at radius 2 is 2.00 bits per heavy atom. The Labute approximate surface area is 126 Å². The molecule has 1 amide bonds. The molecule has 0 saturated heterocycles. The van der Waals surface area contributed by atoms with Crippen molar-refractivity contribution in [1.82, 2.24) is 10.6 Å². The van der Waals surface area contributed by atoms with Gasteiger partial charge in [-0.05, 0) is 44.1 Å². The third-order valence-corrected chi connectivity index (χ3v) is 4.04. The molecule has 0 aromatic carbocycles. The first-order valence-corrected chi connectivity index (χ1v) is 7.91. The third kappa shape index (κ3) is 5.89. The van der Waals surface area contributed by atoms with Gasteiger partial charge in [0.1, 0.15) is 6.61 Å². The lowest BCUT2D eigenvalue weighted by Gasteiger charge is -2.29. The van der Waals surface area contributed by atoms with Crippen LogP contribution in [-0.4, -0.2) is 43.0 Å². The molecule has 0 radical (unpaired) electrons. The van der Waals surface area contributed by atoms with Crippen molar-refractivity contribution in [2.24, 2.45) is 0 Å². The van der Waals surface area contributed by atoms with Crippen LogP contribution in [0.2, 0.25) is 0 Å². The Morgan fingerprint density at radius 3 is 2.67 bits per heavy atom. The first kappa shape index (κ1) is 16.0. The van der Waals surface area contributed by atoms with Gasteiger partial charge in [-0.15, -0.1) is 0 Å². The first-order valence-electron chi connectivity index (χ1n) is 7.91. The average Bonchev–Trinajstić information content (AvgIpc) is 2.53. The Morgan fingerprint density at radius 1 is 1.24 bits per heavy atom. The summed E-state index contributed by atoms with van der Waals surface area (Å²) in [5.74, 6) is 0. The van der Waals surface area contributed by atoms with Crippen molar-refractivity contribution in [2.45, 2.75) is 50.6 Å². The molecule has 118 valence electrons. The topological polar surface area (TPSA) is 70.6 Å². The molecule has 0 atom stereocenters. The molecule has 0 unspecified atom stereocenters. The molecule has 3 N–H and O–H groups in total. The highest BCUT2D eigenvalue weighted by atomic mass is 16.5. The first-order chi connectivity index (χ1) is 10.3. The molecule has 2 rings (SSSR count). The second-order valence-electron chi connectivity index (χ2n) is 5.71. The van der Waals surface area contributed by atoms with E-state index in [2.05, 4.69) is 22.8 Å². The lowest BCUT2D eigenvalue weighted by molar-refractivity contribution is 0.147. The van der Waals surface area contributed by atoms with Gasteiger partial charge in [-0.3, -0.25) is 0 Å². The van der Waals surface area contributed by atoms with E-state index in [1.54, 1.807) is 0 Å². The molecular formula is C16H26N2O3. The quantitative estimate of drug-likeness (QED) is 0.699. The molecule has 1 saturated carbocycles. The summed E-state index contributed by atoms with van der Waals surface area (Å²) in [5.41, 5.74) is 1.08. The van der Waals surface area contributed by atoms with Crippen LogP contribution in [-0.2, 0) is 4.74 Å². The highest BCUT2D eigenvalue weighted by molar-refractivity contribution is 5.67. The molecule has 2 aliphatic rings. The minimum atomic E-state index is -0.318. The van der Waals surface area contributed by atoms with Gasteiger partial charge in [-0.1, -0.05) is 18.2 Å². The predicted octanol–water partition coefficient (Wildman–Crippen LogP) is 1.88. The van der Waals surface area contributed by atoms with E-state index in [1.165, 1.54) is 0 Å². The summed E-state index contributed by atoms with van der Waals surface area (Å²) in [7, 11) is 0. The lowest BCUT2D eigenvalue weighted by atomic mass is 9.91. The van der Waals surface area contributed by atoms with E-state index in [-0.39, 0.29) is 18.7 Å². The third-order valence-electron chi connectivity index (χ3n) is 4.04. The number of ether oxygens (including phenoxy) is 1. The van der Waals surface area contributed by atoms with Gasteiger partial charge in [0.25, 0.3) is 0 Å². The van der Waals surface area contributed by atoms with Gasteiger partial charge < -0.3 is 20.5 Å². The Kier molecular flexibility index (Phi) is 6.76. The largest absolute Gasteiger partial charge is 0.445 e. The molecule has 2 aliphatic carbocycles. The Hall–Kier alpha value is -1.33. The molecule has 0 aromatic heterocycles. The molecule has 0 heterocycles. The van der Waals surface area contributed by atoms with Gasteiger partial charge in [-0.2, -0.15) is 0 Å². The zero-order chi connectivity index (χ0) is 14.9. The van der Waals surface area contributed by atoms with Crippen molar-refractivity contribution in [3.63, 3.8) is 0 Å². The number of alkyl carbamates (subject to hydrolysis) is 1. The lowest BCUT2D eigenvalue weighted by Crippen LogP contribution is -2.43. The molecule has 0 spiro atoms. The number of carbonyl (C=O) groups is 1. The highest BCUT2D eigenvalue weighted by Crippen LogP contribution is 2.18. The molecule has 0 aliphatic heterocycles. The van der Waals surface area contributed by atoms with E-state index in [9.17, 15) is 4.79 Å². The van der Waals surface area contributed by atoms with Crippen LogP contribution in [0, 0.1) is 0 Å². The summed E-state index contributed by atoms with van der Waals surface area (Å²) in [4.78, 5) is 11.8. The molecule has 5 nitrogen and oxygen atoms in total. The number of carbonyl (C=O) groups excluding carboxylic acids is 1. The molecule has 1 fully saturated rings. The standard InChI is InChI=1S/C16H26N2O3/c19-11-10-17-14-6-8-15(9-7-14)18-16(20)21-12-13-4-2-1-3-5-13/h2,4-5,14-15,17,19H,1,3,6-12H2,(H,18,20). The second kappa shape index (κ2) is 8.85. The van der Waals surface area contributed by atoms with Crippen molar-refractivity contribution < 1.29 is 14.6 Å². The fourth-order valence-electron chi connectivity index (χ4n) is 2.84. The number of amides is 1. The SMILES string of the molecule is O=C(NC1CCC(NCCO)CC1)OCC1=CCCC=C1. The zero-order valence-corrected chi connectivity index (χ0v) is 12.5. The van der Waals surface area contributed by atoms with Crippen LogP contribution in [0.5, 0.6) is 0 Å². The number of hydrogen-bond acceptors (Lipinski definition) is 4. The fraction of sp³-hybridized carbons (Fsp3) is 0.688. The van der Waals surface area contributed by atoms with E-state index in [0.717, 1.165) is 44.1 Å². The molecule has 5 heteroatoms. The summed E-state index contributed by atoms with van der Waals surface area (Å²) in [6.07, 6.45) is 12.0. The van der Waals surface area contributed by atoms with Crippen LogP contribution in [0.15, 0.2) is 23.8 Å².